The summed E-state index contributed by atoms with van der Waals surface area (Å²) in [6.07, 6.45) is 1.22. The van der Waals surface area contributed by atoms with Crippen LogP contribution >= 0.6 is 0 Å². The molecule has 1 heterocycles. The van der Waals surface area contributed by atoms with E-state index in [-0.39, 0.29) is 18.4 Å². The molecule has 1 unspecified atom stereocenters. The molecule has 0 fully saturated rings. The van der Waals surface area contributed by atoms with Gasteiger partial charge in [-0.2, -0.15) is 0 Å². The van der Waals surface area contributed by atoms with Crippen LogP contribution in [0.25, 0.3) is 0 Å². The fraction of sp³-hybridized carbons (Fsp3) is 0.417. The summed E-state index contributed by atoms with van der Waals surface area (Å²) in [5.41, 5.74) is 2.43. The fourth-order valence-electron chi connectivity index (χ4n) is 3.46. The molecule has 7 heteroatoms. The molecule has 7 nitrogen and oxygen atoms in total. The van der Waals surface area contributed by atoms with Crippen molar-refractivity contribution in [1.29, 1.82) is 0 Å². The van der Waals surface area contributed by atoms with E-state index in [1.807, 2.05) is 38.4 Å². The number of nitrogens with one attached hydrogen (secondary N) is 1. The third-order valence-electron chi connectivity index (χ3n) is 5.11. The van der Waals surface area contributed by atoms with E-state index in [1.54, 1.807) is 30.0 Å². The topological polar surface area (TPSA) is 71.1 Å². The summed E-state index contributed by atoms with van der Waals surface area (Å²) >= 11 is 0. The van der Waals surface area contributed by atoms with E-state index in [0.29, 0.717) is 29.4 Å². The van der Waals surface area contributed by atoms with E-state index in [4.69, 9.17) is 9.47 Å². The second-order valence-corrected chi connectivity index (χ2v) is 7.93. The van der Waals surface area contributed by atoms with E-state index < -0.39 is 6.10 Å². The van der Waals surface area contributed by atoms with Crippen LogP contribution < -0.4 is 19.7 Å². The lowest BCUT2D eigenvalue weighted by atomic mass is 10.1. The smallest absolute Gasteiger partial charge is 0.267 e. The van der Waals surface area contributed by atoms with Crippen LogP contribution in [-0.4, -0.2) is 56.6 Å². The maximum atomic E-state index is 12.7. The zero-order valence-electron chi connectivity index (χ0n) is 18.7. The van der Waals surface area contributed by atoms with Gasteiger partial charge in [-0.05, 0) is 76.3 Å². The van der Waals surface area contributed by atoms with Crippen LogP contribution in [0.5, 0.6) is 11.5 Å². The highest BCUT2D eigenvalue weighted by molar-refractivity contribution is 6.01. The zero-order valence-corrected chi connectivity index (χ0v) is 18.7. The zero-order chi connectivity index (χ0) is 22.4. The number of carbonyl (C=O) groups is 2. The van der Waals surface area contributed by atoms with Gasteiger partial charge >= 0.3 is 0 Å². The third-order valence-corrected chi connectivity index (χ3v) is 5.11. The number of nitrogens with zero attached hydrogens (tertiary/aromatic N) is 2. The Labute approximate surface area is 183 Å². The summed E-state index contributed by atoms with van der Waals surface area (Å²) in [5.74, 6) is 0.967. The summed E-state index contributed by atoms with van der Waals surface area (Å²) in [7, 11) is 4.01. The molecule has 0 aromatic heterocycles. The molecule has 0 aliphatic carbocycles. The van der Waals surface area contributed by atoms with Gasteiger partial charge in [-0.3, -0.25) is 9.59 Å². The van der Waals surface area contributed by atoms with Crippen molar-refractivity contribution >= 4 is 23.2 Å². The molecule has 2 aromatic rings. The number of hydrogen-bond donors (Lipinski definition) is 1. The number of amides is 2. The lowest BCUT2D eigenvalue weighted by Gasteiger charge is -2.33. The number of anilines is 2. The van der Waals surface area contributed by atoms with Crippen molar-refractivity contribution in [3.05, 3.63) is 48.0 Å². The van der Waals surface area contributed by atoms with E-state index in [0.717, 1.165) is 24.9 Å². The third kappa shape index (κ3) is 5.98. The molecule has 2 aromatic carbocycles. The Morgan fingerprint density at radius 2 is 2.03 bits per heavy atom. The highest BCUT2D eigenvalue weighted by atomic mass is 16.5. The first-order valence-electron chi connectivity index (χ1n) is 10.7. The van der Waals surface area contributed by atoms with E-state index in [1.165, 1.54) is 0 Å². The summed E-state index contributed by atoms with van der Waals surface area (Å²) in [6, 6.07) is 13.0. The van der Waals surface area contributed by atoms with Gasteiger partial charge in [0.25, 0.3) is 11.8 Å². The maximum absolute atomic E-state index is 12.7. The Morgan fingerprint density at radius 1 is 1.23 bits per heavy atom. The van der Waals surface area contributed by atoms with Crippen LogP contribution in [0.15, 0.2) is 42.5 Å². The summed E-state index contributed by atoms with van der Waals surface area (Å²) in [4.78, 5) is 28.9. The molecular formula is C24H31N3O4. The molecular weight excluding hydrogens is 394 g/mol. The van der Waals surface area contributed by atoms with Crippen molar-refractivity contribution in [3.63, 3.8) is 0 Å². The van der Waals surface area contributed by atoms with Crippen LogP contribution in [-0.2, 0) is 16.0 Å². The summed E-state index contributed by atoms with van der Waals surface area (Å²) < 4.78 is 11.4. The summed E-state index contributed by atoms with van der Waals surface area (Å²) in [5, 5.41) is 2.85. The van der Waals surface area contributed by atoms with Gasteiger partial charge in [-0.1, -0.05) is 19.1 Å². The monoisotopic (exact) mass is 425 g/mol. The molecule has 0 bridgehead atoms. The number of carbonyl (C=O) groups excluding carboxylic acids is 2. The van der Waals surface area contributed by atoms with Gasteiger partial charge < -0.3 is 24.6 Å². The lowest BCUT2D eigenvalue weighted by molar-refractivity contribution is -0.125. The molecule has 0 radical (unpaired) electrons. The molecule has 1 N–H and O–H groups in total. The van der Waals surface area contributed by atoms with Crippen molar-refractivity contribution in [2.45, 2.75) is 32.8 Å². The maximum Gasteiger partial charge on any atom is 0.267 e. The Bertz CT molecular complexity index is 929. The van der Waals surface area contributed by atoms with Crippen LogP contribution in [0.3, 0.4) is 0 Å². The van der Waals surface area contributed by atoms with Gasteiger partial charge in [0.2, 0.25) is 0 Å². The van der Waals surface area contributed by atoms with Gasteiger partial charge in [-0.15, -0.1) is 0 Å². The number of rotatable bonds is 9. The van der Waals surface area contributed by atoms with E-state index in [9.17, 15) is 9.59 Å². The Balaban J connectivity index is 1.66. The molecule has 166 valence electrons. The van der Waals surface area contributed by atoms with Crippen molar-refractivity contribution in [2.24, 2.45) is 0 Å². The molecule has 31 heavy (non-hydrogen) atoms. The second-order valence-electron chi connectivity index (χ2n) is 7.93. The first kappa shape index (κ1) is 22.6. The highest BCUT2D eigenvalue weighted by Gasteiger charge is 2.31. The first-order chi connectivity index (χ1) is 14.9. The van der Waals surface area contributed by atoms with Gasteiger partial charge in [0.05, 0.1) is 5.69 Å². The number of hydrogen-bond acceptors (Lipinski definition) is 5. The van der Waals surface area contributed by atoms with Crippen molar-refractivity contribution in [3.8, 4) is 11.5 Å². The first-order valence-corrected chi connectivity index (χ1v) is 10.7. The van der Waals surface area contributed by atoms with Gasteiger partial charge in [0.1, 0.15) is 11.5 Å². The number of benzene rings is 2. The quantitative estimate of drug-likeness (QED) is 0.667. The average molecular weight is 426 g/mol. The minimum atomic E-state index is -0.528. The molecule has 3 rings (SSSR count). The highest BCUT2D eigenvalue weighted by Crippen LogP contribution is 2.36. The largest absolute Gasteiger partial charge is 0.484 e. The fourth-order valence-corrected chi connectivity index (χ4v) is 3.46. The molecule has 1 atom stereocenters. The van der Waals surface area contributed by atoms with Crippen molar-refractivity contribution in [2.75, 3.05) is 44.0 Å². The standard InChI is InChI=1S/C24H31N3O4/c1-5-18-8-6-9-20(14-18)30-16-23(28)25-19-10-11-22-21(15-19)27(13-7-12-26(3)4)24(29)17(2)31-22/h6,8-11,14-15,17H,5,7,12-13,16H2,1-4H3,(H,25,28). The molecule has 1 aliphatic heterocycles. The van der Waals surface area contributed by atoms with Crippen LogP contribution in [0, 0.1) is 0 Å². The van der Waals surface area contributed by atoms with Gasteiger partial charge in [0.15, 0.2) is 12.7 Å². The van der Waals surface area contributed by atoms with Crippen LogP contribution in [0.4, 0.5) is 11.4 Å². The molecule has 0 saturated heterocycles. The second kappa shape index (κ2) is 10.3. The Hall–Kier alpha value is -3.06. The van der Waals surface area contributed by atoms with Gasteiger partial charge in [0, 0.05) is 12.2 Å². The molecule has 1 aliphatic rings. The van der Waals surface area contributed by atoms with Crippen LogP contribution in [0.2, 0.25) is 0 Å². The van der Waals surface area contributed by atoms with E-state index >= 15 is 0 Å². The lowest BCUT2D eigenvalue weighted by Crippen LogP contribution is -2.45. The van der Waals surface area contributed by atoms with Crippen molar-refractivity contribution in [1.82, 2.24) is 4.90 Å². The SMILES string of the molecule is CCc1cccc(OCC(=O)Nc2ccc3c(c2)N(CCCN(C)C)C(=O)C(C)O3)c1. The van der Waals surface area contributed by atoms with Crippen molar-refractivity contribution < 1.29 is 19.1 Å². The number of fused-ring (bicyclic) bond motifs is 1. The molecule has 0 spiro atoms. The Kier molecular flexibility index (Phi) is 7.52. The Morgan fingerprint density at radius 3 is 2.77 bits per heavy atom. The number of ether oxygens (including phenoxy) is 2. The minimum absolute atomic E-state index is 0.0751. The van der Waals surface area contributed by atoms with Gasteiger partial charge in [-0.25, -0.2) is 0 Å². The predicted octanol–water partition coefficient (Wildman–Crippen LogP) is 3.33. The molecule has 0 saturated carbocycles. The summed E-state index contributed by atoms with van der Waals surface area (Å²) in [6.45, 7) is 5.20. The predicted molar refractivity (Wildman–Crippen MR) is 122 cm³/mol. The average Bonchev–Trinajstić information content (AvgIpc) is 2.75. The molecule has 2 amide bonds. The normalized spacial score (nSPS) is 15.5. The van der Waals surface area contributed by atoms with Crippen LogP contribution in [0.1, 0.15) is 25.8 Å². The minimum Gasteiger partial charge on any atom is -0.484 e. The van der Waals surface area contributed by atoms with E-state index in [2.05, 4.69) is 17.1 Å². The number of aryl methyl sites for hydroxylation is 1.